The third kappa shape index (κ3) is 9.23. The molecule has 0 aromatic rings. The predicted octanol–water partition coefficient (Wildman–Crippen LogP) is 1.47. The van der Waals surface area contributed by atoms with Gasteiger partial charge in [-0.15, -0.1) is 0 Å². The molecule has 0 aromatic carbocycles. The van der Waals surface area contributed by atoms with Gasteiger partial charge < -0.3 is 10.1 Å². The SMILES string of the molecule is COCC(C)CC(=O)NCCCCC#N. The molecule has 15 heavy (non-hydrogen) atoms. The zero-order chi connectivity index (χ0) is 11.5. The molecule has 0 aliphatic rings. The lowest BCUT2D eigenvalue weighted by atomic mass is 10.1. The number of nitrogens with one attached hydrogen (secondary N) is 1. The highest BCUT2D eigenvalue weighted by Gasteiger charge is 2.07. The molecule has 1 amide bonds. The van der Waals surface area contributed by atoms with E-state index < -0.39 is 0 Å². The molecule has 0 spiro atoms. The van der Waals surface area contributed by atoms with Crippen molar-refractivity contribution in [2.75, 3.05) is 20.3 Å². The fourth-order valence-electron chi connectivity index (χ4n) is 1.29. The van der Waals surface area contributed by atoms with Crippen molar-refractivity contribution in [1.82, 2.24) is 5.32 Å². The Bertz CT molecular complexity index is 211. The number of carbonyl (C=O) groups is 1. The van der Waals surface area contributed by atoms with Crippen LogP contribution in [0.15, 0.2) is 0 Å². The number of amides is 1. The van der Waals surface area contributed by atoms with Gasteiger partial charge in [0.05, 0.1) is 6.07 Å². The summed E-state index contributed by atoms with van der Waals surface area (Å²) < 4.78 is 4.95. The van der Waals surface area contributed by atoms with Crippen molar-refractivity contribution in [3.63, 3.8) is 0 Å². The summed E-state index contributed by atoms with van der Waals surface area (Å²) in [4.78, 5) is 11.3. The van der Waals surface area contributed by atoms with Crippen molar-refractivity contribution in [2.45, 2.75) is 32.6 Å². The van der Waals surface area contributed by atoms with E-state index in [1.165, 1.54) is 0 Å². The lowest BCUT2D eigenvalue weighted by Gasteiger charge is -2.09. The van der Waals surface area contributed by atoms with Gasteiger partial charge in [-0.25, -0.2) is 0 Å². The Kier molecular flexibility index (Phi) is 8.79. The van der Waals surface area contributed by atoms with Gasteiger partial charge in [-0.2, -0.15) is 5.26 Å². The quantitative estimate of drug-likeness (QED) is 0.620. The highest BCUT2D eigenvalue weighted by atomic mass is 16.5. The summed E-state index contributed by atoms with van der Waals surface area (Å²) in [6.07, 6.45) is 2.80. The fourth-order valence-corrected chi connectivity index (χ4v) is 1.29. The van der Waals surface area contributed by atoms with Crippen LogP contribution in [0.25, 0.3) is 0 Å². The first-order valence-corrected chi connectivity index (χ1v) is 5.33. The van der Waals surface area contributed by atoms with Crippen molar-refractivity contribution < 1.29 is 9.53 Å². The van der Waals surface area contributed by atoms with Gasteiger partial charge >= 0.3 is 0 Å². The maximum atomic E-state index is 11.3. The van der Waals surface area contributed by atoms with Gasteiger partial charge in [0.1, 0.15) is 0 Å². The summed E-state index contributed by atoms with van der Waals surface area (Å²) in [7, 11) is 1.64. The van der Waals surface area contributed by atoms with Gasteiger partial charge in [0, 0.05) is 33.1 Å². The van der Waals surface area contributed by atoms with Crippen LogP contribution in [-0.4, -0.2) is 26.2 Å². The van der Waals surface area contributed by atoms with Crippen LogP contribution in [0.3, 0.4) is 0 Å². The molecule has 1 N–H and O–H groups in total. The second-order valence-electron chi connectivity index (χ2n) is 3.73. The third-order valence-electron chi connectivity index (χ3n) is 2.02. The zero-order valence-corrected chi connectivity index (χ0v) is 9.58. The summed E-state index contributed by atoms with van der Waals surface area (Å²) in [5.41, 5.74) is 0. The molecule has 0 aliphatic carbocycles. The molecule has 0 heterocycles. The highest BCUT2D eigenvalue weighted by Crippen LogP contribution is 2.01. The average Bonchev–Trinajstić information content (AvgIpc) is 2.17. The van der Waals surface area contributed by atoms with Gasteiger partial charge in [0.15, 0.2) is 0 Å². The van der Waals surface area contributed by atoms with Crippen LogP contribution in [0.4, 0.5) is 0 Å². The Morgan fingerprint density at radius 1 is 1.53 bits per heavy atom. The van der Waals surface area contributed by atoms with Crippen molar-refractivity contribution >= 4 is 5.91 Å². The molecule has 0 aliphatic heterocycles. The Morgan fingerprint density at radius 3 is 2.87 bits per heavy atom. The van der Waals surface area contributed by atoms with Crippen molar-refractivity contribution in [1.29, 1.82) is 5.26 Å². The molecule has 0 saturated carbocycles. The molecule has 86 valence electrons. The molecule has 4 heteroatoms. The predicted molar refractivity (Wildman–Crippen MR) is 58.1 cm³/mol. The monoisotopic (exact) mass is 212 g/mol. The highest BCUT2D eigenvalue weighted by molar-refractivity contribution is 5.76. The molecule has 0 saturated heterocycles. The number of carbonyl (C=O) groups excluding carboxylic acids is 1. The van der Waals surface area contributed by atoms with Crippen molar-refractivity contribution in [3.8, 4) is 6.07 Å². The lowest BCUT2D eigenvalue weighted by molar-refractivity contribution is -0.122. The topological polar surface area (TPSA) is 62.1 Å². The number of hydrogen-bond acceptors (Lipinski definition) is 3. The van der Waals surface area contributed by atoms with Crippen LogP contribution in [0.1, 0.15) is 32.6 Å². The van der Waals surface area contributed by atoms with E-state index in [4.69, 9.17) is 10.00 Å². The van der Waals surface area contributed by atoms with Gasteiger partial charge in [-0.3, -0.25) is 4.79 Å². The van der Waals surface area contributed by atoms with Crippen LogP contribution >= 0.6 is 0 Å². The molecule has 0 aromatic heterocycles. The minimum Gasteiger partial charge on any atom is -0.384 e. The van der Waals surface area contributed by atoms with Crippen LogP contribution in [0.5, 0.6) is 0 Å². The molecule has 1 unspecified atom stereocenters. The van der Waals surface area contributed by atoms with Crippen molar-refractivity contribution in [3.05, 3.63) is 0 Å². The number of nitriles is 1. The molecule has 0 fully saturated rings. The Labute approximate surface area is 91.6 Å². The van der Waals surface area contributed by atoms with E-state index in [-0.39, 0.29) is 11.8 Å². The molecule has 0 rings (SSSR count). The molecular formula is C11H20N2O2. The summed E-state index contributed by atoms with van der Waals surface area (Å²) in [6, 6.07) is 2.08. The largest absolute Gasteiger partial charge is 0.384 e. The van der Waals surface area contributed by atoms with Crippen LogP contribution < -0.4 is 5.32 Å². The number of ether oxygens (including phenoxy) is 1. The number of rotatable bonds is 8. The van der Waals surface area contributed by atoms with E-state index in [0.717, 1.165) is 12.8 Å². The summed E-state index contributed by atoms with van der Waals surface area (Å²) in [5, 5.41) is 11.1. The van der Waals surface area contributed by atoms with Gasteiger partial charge in [-0.05, 0) is 18.8 Å². The first-order valence-electron chi connectivity index (χ1n) is 5.33. The minimum absolute atomic E-state index is 0.0662. The Hall–Kier alpha value is -1.08. The van der Waals surface area contributed by atoms with E-state index in [0.29, 0.717) is 26.0 Å². The normalized spacial score (nSPS) is 11.8. The first kappa shape index (κ1) is 13.9. The maximum Gasteiger partial charge on any atom is 0.220 e. The van der Waals surface area contributed by atoms with Crippen molar-refractivity contribution in [2.24, 2.45) is 5.92 Å². The molecule has 0 radical (unpaired) electrons. The molecule has 1 atom stereocenters. The molecular weight excluding hydrogens is 192 g/mol. The zero-order valence-electron chi connectivity index (χ0n) is 9.58. The van der Waals surface area contributed by atoms with Crippen LogP contribution in [-0.2, 0) is 9.53 Å². The molecule has 4 nitrogen and oxygen atoms in total. The summed E-state index contributed by atoms with van der Waals surface area (Å²) >= 11 is 0. The second kappa shape index (κ2) is 9.47. The summed E-state index contributed by atoms with van der Waals surface area (Å²) in [5.74, 6) is 0.325. The maximum absolute atomic E-state index is 11.3. The van der Waals surface area contributed by atoms with E-state index in [9.17, 15) is 4.79 Å². The standard InChI is InChI=1S/C11H20N2O2/c1-10(9-15-2)8-11(14)13-7-5-3-4-6-12/h10H,3-5,7-9H2,1-2H3,(H,13,14). The van der Waals surface area contributed by atoms with Gasteiger partial charge in [-0.1, -0.05) is 6.92 Å². The van der Waals surface area contributed by atoms with Gasteiger partial charge in [0.25, 0.3) is 0 Å². The fraction of sp³-hybridized carbons (Fsp3) is 0.818. The Morgan fingerprint density at radius 2 is 2.27 bits per heavy atom. The first-order chi connectivity index (χ1) is 7.20. The van der Waals surface area contributed by atoms with E-state index >= 15 is 0 Å². The van der Waals surface area contributed by atoms with E-state index in [2.05, 4.69) is 11.4 Å². The van der Waals surface area contributed by atoms with E-state index in [1.54, 1.807) is 7.11 Å². The third-order valence-corrected chi connectivity index (χ3v) is 2.02. The number of methoxy groups -OCH3 is 1. The molecule has 0 bridgehead atoms. The Balaban J connectivity index is 3.37. The van der Waals surface area contributed by atoms with Crippen LogP contribution in [0, 0.1) is 17.2 Å². The number of nitrogens with zero attached hydrogens (tertiary/aromatic N) is 1. The number of unbranched alkanes of at least 4 members (excludes halogenated alkanes) is 2. The van der Waals surface area contributed by atoms with Gasteiger partial charge in [0.2, 0.25) is 5.91 Å². The average molecular weight is 212 g/mol. The lowest BCUT2D eigenvalue weighted by Crippen LogP contribution is -2.26. The van der Waals surface area contributed by atoms with E-state index in [1.807, 2.05) is 6.92 Å². The summed E-state index contributed by atoms with van der Waals surface area (Å²) in [6.45, 7) is 3.26. The smallest absolute Gasteiger partial charge is 0.220 e. The second-order valence-corrected chi connectivity index (χ2v) is 3.73. The number of hydrogen-bond donors (Lipinski definition) is 1. The minimum atomic E-state index is 0.0662. The van der Waals surface area contributed by atoms with Crippen LogP contribution in [0.2, 0.25) is 0 Å².